The molecule has 1 amide bonds. The molecule has 1 fully saturated rings. The van der Waals surface area contributed by atoms with Crippen molar-refractivity contribution in [3.63, 3.8) is 0 Å². The zero-order valence-electron chi connectivity index (χ0n) is 20.3. The van der Waals surface area contributed by atoms with Gasteiger partial charge in [-0.2, -0.15) is 5.10 Å². The van der Waals surface area contributed by atoms with Gasteiger partial charge in [0.15, 0.2) is 0 Å². The molecular formula is C28H33N5O2. The van der Waals surface area contributed by atoms with E-state index in [0.29, 0.717) is 12.1 Å². The van der Waals surface area contributed by atoms with E-state index in [0.717, 1.165) is 48.3 Å². The van der Waals surface area contributed by atoms with Crippen LogP contribution in [0.3, 0.4) is 0 Å². The Morgan fingerprint density at radius 1 is 1.03 bits per heavy atom. The molecule has 5 rings (SSSR count). The van der Waals surface area contributed by atoms with Crippen molar-refractivity contribution in [3.05, 3.63) is 76.7 Å². The zero-order chi connectivity index (χ0) is 24.2. The summed E-state index contributed by atoms with van der Waals surface area (Å²) < 4.78 is 3.14. The van der Waals surface area contributed by atoms with Gasteiger partial charge in [-0.05, 0) is 62.9 Å². The Hall–Kier alpha value is -3.45. The lowest BCUT2D eigenvalue weighted by atomic mass is 9.90. The summed E-state index contributed by atoms with van der Waals surface area (Å²) in [6, 6.07) is 18.6. The third-order valence-corrected chi connectivity index (χ3v) is 7.22. The molecule has 0 saturated carbocycles. The van der Waals surface area contributed by atoms with Crippen LogP contribution in [0, 0.1) is 5.92 Å². The number of rotatable bonds is 8. The van der Waals surface area contributed by atoms with Gasteiger partial charge in [0.05, 0.1) is 6.20 Å². The molecule has 1 N–H and O–H groups in total. The first-order chi connectivity index (χ1) is 17.1. The molecule has 2 aromatic carbocycles. The first kappa shape index (κ1) is 23.3. The summed E-state index contributed by atoms with van der Waals surface area (Å²) >= 11 is 0. The van der Waals surface area contributed by atoms with E-state index in [1.165, 1.54) is 29.5 Å². The van der Waals surface area contributed by atoms with E-state index < -0.39 is 0 Å². The van der Waals surface area contributed by atoms with Crippen LogP contribution in [-0.4, -0.2) is 51.3 Å². The Bertz CT molecular complexity index is 1370. The number of hydrogen-bond donors (Lipinski definition) is 1. The summed E-state index contributed by atoms with van der Waals surface area (Å²) in [5.41, 5.74) is 2.64. The van der Waals surface area contributed by atoms with Crippen molar-refractivity contribution in [2.75, 3.05) is 26.2 Å². The number of carbonyl (C=O) groups excluding carboxylic acids is 1. The molecule has 35 heavy (non-hydrogen) atoms. The fourth-order valence-corrected chi connectivity index (χ4v) is 5.30. The molecule has 0 unspecified atom stereocenters. The number of nitrogens with one attached hydrogen (secondary N) is 1. The van der Waals surface area contributed by atoms with Crippen LogP contribution in [0.15, 0.2) is 65.6 Å². The largest absolute Gasteiger partial charge is 0.355 e. The minimum Gasteiger partial charge on any atom is -0.355 e. The van der Waals surface area contributed by atoms with Crippen LogP contribution in [-0.2, 0) is 24.8 Å². The number of nitrogens with zero attached hydrogens (tertiary/aromatic N) is 4. The van der Waals surface area contributed by atoms with Gasteiger partial charge in [0.1, 0.15) is 12.1 Å². The van der Waals surface area contributed by atoms with Crippen LogP contribution >= 0.6 is 0 Å². The summed E-state index contributed by atoms with van der Waals surface area (Å²) in [4.78, 5) is 28.1. The summed E-state index contributed by atoms with van der Waals surface area (Å²) in [7, 11) is 1.63. The monoisotopic (exact) mass is 471 g/mol. The Balaban J connectivity index is 1.12. The Kier molecular flexibility index (Phi) is 6.95. The molecule has 0 aliphatic carbocycles. The third-order valence-electron chi connectivity index (χ3n) is 7.22. The lowest BCUT2D eigenvalue weighted by Gasteiger charge is -2.32. The lowest BCUT2D eigenvalue weighted by Crippen LogP contribution is -2.37. The summed E-state index contributed by atoms with van der Waals surface area (Å²) in [6.45, 7) is 4.02. The van der Waals surface area contributed by atoms with Gasteiger partial charge in [-0.25, -0.2) is 4.68 Å². The van der Waals surface area contributed by atoms with E-state index in [4.69, 9.17) is 0 Å². The normalized spacial score (nSPS) is 15.1. The quantitative estimate of drug-likeness (QED) is 0.400. The SMILES string of the molecule is Cn1ncc2c3ccccc3n(CC(=O)NCCCN3CCC(Cc4ccccc4)CC3)c2c1=O. The van der Waals surface area contributed by atoms with Gasteiger partial charge in [-0.3, -0.25) is 9.59 Å². The first-order valence-electron chi connectivity index (χ1n) is 12.6. The molecule has 7 nitrogen and oxygen atoms in total. The smallest absolute Gasteiger partial charge is 0.291 e. The van der Waals surface area contributed by atoms with Crippen LogP contribution in [0.25, 0.3) is 21.8 Å². The maximum atomic E-state index is 12.8. The minimum atomic E-state index is -0.192. The number of fused-ring (bicyclic) bond motifs is 3. The Morgan fingerprint density at radius 3 is 2.57 bits per heavy atom. The minimum absolute atomic E-state index is 0.0758. The molecule has 182 valence electrons. The highest BCUT2D eigenvalue weighted by Crippen LogP contribution is 2.26. The molecule has 0 bridgehead atoms. The van der Waals surface area contributed by atoms with Crippen molar-refractivity contribution in [1.82, 2.24) is 24.6 Å². The molecule has 0 atom stereocenters. The second kappa shape index (κ2) is 10.4. The molecule has 0 radical (unpaired) electrons. The molecular weight excluding hydrogens is 438 g/mol. The van der Waals surface area contributed by atoms with Crippen LogP contribution in [0.2, 0.25) is 0 Å². The van der Waals surface area contributed by atoms with Crippen LogP contribution in [0.5, 0.6) is 0 Å². The highest BCUT2D eigenvalue weighted by atomic mass is 16.2. The zero-order valence-corrected chi connectivity index (χ0v) is 20.3. The topological polar surface area (TPSA) is 72.2 Å². The van der Waals surface area contributed by atoms with Gasteiger partial charge < -0.3 is 14.8 Å². The van der Waals surface area contributed by atoms with E-state index in [-0.39, 0.29) is 18.0 Å². The van der Waals surface area contributed by atoms with Gasteiger partial charge >= 0.3 is 0 Å². The second-order valence-corrected chi connectivity index (χ2v) is 9.62. The summed E-state index contributed by atoms with van der Waals surface area (Å²) in [5.74, 6) is 0.690. The number of aryl methyl sites for hydroxylation is 1. The lowest BCUT2D eigenvalue weighted by molar-refractivity contribution is -0.121. The Labute approximate surface area is 205 Å². The molecule has 1 aliphatic heterocycles. The van der Waals surface area contributed by atoms with Crippen LogP contribution in [0.4, 0.5) is 0 Å². The number of amides is 1. The number of likely N-dealkylation sites (tertiary alicyclic amines) is 1. The van der Waals surface area contributed by atoms with E-state index >= 15 is 0 Å². The number of benzene rings is 2. The third kappa shape index (κ3) is 5.15. The molecule has 7 heteroatoms. The standard InChI is InChI=1S/C28H33N5O2/c1-31-28(35)27-24(19-30-31)23-10-5-6-11-25(23)33(27)20-26(34)29-14-7-15-32-16-12-22(13-17-32)18-21-8-3-2-4-9-21/h2-6,8-11,19,22H,7,12-18,20H2,1H3,(H,29,34). The first-order valence-corrected chi connectivity index (χ1v) is 12.6. The number of aromatic nitrogens is 3. The fourth-order valence-electron chi connectivity index (χ4n) is 5.30. The van der Waals surface area contributed by atoms with Crippen LogP contribution < -0.4 is 10.9 Å². The van der Waals surface area contributed by atoms with Gasteiger partial charge in [0.25, 0.3) is 5.56 Å². The molecule has 1 aliphatic rings. The maximum absolute atomic E-state index is 12.8. The highest BCUT2D eigenvalue weighted by Gasteiger charge is 2.20. The number of para-hydroxylation sites is 1. The van der Waals surface area contributed by atoms with Gasteiger partial charge in [-0.1, -0.05) is 48.5 Å². The average molecular weight is 472 g/mol. The predicted molar refractivity (Wildman–Crippen MR) is 139 cm³/mol. The fraction of sp³-hybridized carbons (Fsp3) is 0.393. The van der Waals surface area contributed by atoms with Gasteiger partial charge in [-0.15, -0.1) is 0 Å². The maximum Gasteiger partial charge on any atom is 0.291 e. The van der Waals surface area contributed by atoms with Crippen molar-refractivity contribution >= 4 is 27.7 Å². The van der Waals surface area contributed by atoms with Gasteiger partial charge in [0, 0.05) is 29.9 Å². The predicted octanol–water partition coefficient (Wildman–Crippen LogP) is 3.35. The van der Waals surface area contributed by atoms with E-state index in [1.54, 1.807) is 13.2 Å². The van der Waals surface area contributed by atoms with Crippen molar-refractivity contribution < 1.29 is 4.79 Å². The van der Waals surface area contributed by atoms with Gasteiger partial charge in [0.2, 0.25) is 5.91 Å². The van der Waals surface area contributed by atoms with E-state index in [9.17, 15) is 9.59 Å². The van der Waals surface area contributed by atoms with E-state index in [2.05, 4.69) is 45.6 Å². The van der Waals surface area contributed by atoms with Crippen molar-refractivity contribution in [3.8, 4) is 0 Å². The molecule has 3 heterocycles. The Morgan fingerprint density at radius 2 is 1.77 bits per heavy atom. The van der Waals surface area contributed by atoms with Crippen molar-refractivity contribution in [2.45, 2.75) is 32.2 Å². The van der Waals surface area contributed by atoms with Crippen molar-refractivity contribution in [2.24, 2.45) is 13.0 Å². The van der Waals surface area contributed by atoms with Crippen LogP contribution in [0.1, 0.15) is 24.8 Å². The highest BCUT2D eigenvalue weighted by molar-refractivity contribution is 6.07. The molecule has 2 aromatic heterocycles. The number of carbonyl (C=O) groups is 1. The summed E-state index contributed by atoms with van der Waals surface area (Å²) in [5, 5.41) is 8.95. The molecule has 1 saturated heterocycles. The molecule has 4 aromatic rings. The van der Waals surface area contributed by atoms with E-state index in [1.807, 2.05) is 28.8 Å². The number of hydrogen-bond acceptors (Lipinski definition) is 4. The second-order valence-electron chi connectivity index (χ2n) is 9.62. The molecule has 0 spiro atoms. The average Bonchev–Trinajstić information content (AvgIpc) is 3.19. The van der Waals surface area contributed by atoms with Crippen molar-refractivity contribution in [1.29, 1.82) is 0 Å². The summed E-state index contributed by atoms with van der Waals surface area (Å²) in [6.07, 6.45) is 6.27. The number of piperidine rings is 1.